The van der Waals surface area contributed by atoms with Crippen LogP contribution in [0.15, 0.2) is 64.6 Å². The molecule has 2 saturated heterocycles. The number of H-pyrrole nitrogens is 1. The number of esters is 1. The number of carboxylic acid groups (broad SMARTS) is 3. The molecule has 27 nitrogen and oxygen atoms in total. The molecule has 1 unspecified atom stereocenters. The lowest BCUT2D eigenvalue weighted by Gasteiger charge is -2.63. The molecule has 13 N–H and O–H groups in total. The van der Waals surface area contributed by atoms with Gasteiger partial charge in [-0.3, -0.25) is 43.1 Å². The number of carbonyl (C=O) groups excluding carboxylic acids is 4. The third-order valence-corrected chi connectivity index (χ3v) is 21.4. The Bertz CT molecular complexity index is 3610. The normalized spacial score (nSPS) is 29.2. The van der Waals surface area contributed by atoms with Crippen LogP contribution in [0.3, 0.4) is 0 Å². The zero-order valence-corrected chi connectivity index (χ0v) is 52.8. The van der Waals surface area contributed by atoms with Crippen molar-refractivity contribution in [1.82, 2.24) is 40.7 Å². The predicted octanol–water partition coefficient (Wildman–Crippen LogP) is 1.73. The SMILES string of the molecule is CC[C@]1(O)C[C@H]2CN(CCc3c([nH]c4ccccc34)[C@@](C(=O)OC)(c3cc4c(cc3OC)N(C)[C@H]3[C@@](O)(C(=O)NN=C(C)CCn5c(O)cc(SC[C@H](NC(=O)[C@H](CC(=O)O)NC(=O)[C@H](CC(=O)O)NC)C(=O)O)c5O)[C@H](O)[C@]5(CC)C=CCN6CC[C@]43[C@@H]65)C2)C1. The minimum atomic E-state index is -2.59. The summed E-state index contributed by atoms with van der Waals surface area (Å²) in [6.07, 6.45) is 2.97. The van der Waals surface area contributed by atoms with Crippen molar-refractivity contribution >= 4 is 75.7 Å². The number of hydrogen-bond donors (Lipinski definition) is 13. The van der Waals surface area contributed by atoms with E-state index >= 15 is 9.59 Å². The number of amides is 3. The number of carboxylic acids is 3. The zero-order chi connectivity index (χ0) is 65.9. The Balaban J connectivity index is 0.947. The largest absolute Gasteiger partial charge is 0.496 e. The molecule has 2 bridgehead atoms. The Hall–Kier alpha value is -7.73. The summed E-state index contributed by atoms with van der Waals surface area (Å²) in [5.41, 5.74) is -0.287. The summed E-state index contributed by atoms with van der Waals surface area (Å²) in [6.45, 7) is 8.14. The summed E-state index contributed by atoms with van der Waals surface area (Å²) < 4.78 is 13.5. The number of hydrogen-bond acceptors (Lipinski definition) is 20. The first-order chi connectivity index (χ1) is 43.2. The van der Waals surface area contributed by atoms with Crippen LogP contribution >= 0.6 is 11.8 Å². The molecule has 1 spiro atoms. The molecule has 3 amide bonds. The first-order valence-corrected chi connectivity index (χ1v) is 31.6. The number of aromatic amines is 1. The van der Waals surface area contributed by atoms with Crippen molar-refractivity contribution < 1.29 is 83.9 Å². The Morgan fingerprint density at radius 3 is 2.26 bits per heavy atom. The number of aliphatic hydroxyl groups excluding tert-OH is 1. The van der Waals surface area contributed by atoms with Crippen LogP contribution in [0.5, 0.6) is 17.5 Å². The maximum Gasteiger partial charge on any atom is 0.327 e. The van der Waals surface area contributed by atoms with E-state index in [4.69, 9.17) is 14.6 Å². The molecule has 492 valence electrons. The second-order valence-corrected chi connectivity index (χ2v) is 26.4. The van der Waals surface area contributed by atoms with E-state index in [0.29, 0.717) is 87.5 Å². The average Bonchev–Trinajstić information content (AvgIpc) is 1.52. The van der Waals surface area contributed by atoms with Gasteiger partial charge in [-0.25, -0.2) is 10.2 Å². The monoisotopic (exact) mass is 1280 g/mol. The van der Waals surface area contributed by atoms with Gasteiger partial charge in [0.15, 0.2) is 11.5 Å². The van der Waals surface area contributed by atoms with Crippen molar-refractivity contribution in [3.8, 4) is 17.5 Å². The zero-order valence-electron chi connectivity index (χ0n) is 51.9. The van der Waals surface area contributed by atoms with E-state index in [-0.39, 0.29) is 35.9 Å². The standard InChI is InChI=1S/C63H82N10O17S/c1-8-59(87)28-34-29-62(58(86)90-7,49-36(16-20-71(30-34)32-59)35-13-10-11-14-39(35)65-49)38-23-37-43(26-44(38)89-6)70(5)55-61(37)18-22-72-19-12-17-60(9-2,54(61)72)56(84)63(55,88)57(85)69-68-33(3)15-21-73-46(74)27-45(52(73)81)91-31-42(53(82)83)67-51(80)41(25-48(77)78)66-50(79)40(64-4)24-47(75)76/h10-14,17,23,26-27,34,40-42,54-56,64-65,74,81,84,87-88H,8-9,15-16,18-22,24-25,28-32H2,1-7H3,(H,66,79)(H,67,80)(H,69,85)(H,75,76)(H,77,78)(H,82,83)/t34-,40+,41+,42+,54+,55-,56-,59+,60-,61-,62+,63+/m1/s1. The highest BCUT2D eigenvalue weighted by atomic mass is 32.2. The molecule has 1 aliphatic carbocycles. The summed E-state index contributed by atoms with van der Waals surface area (Å²) >= 11 is 0.717. The van der Waals surface area contributed by atoms with Gasteiger partial charge in [0.25, 0.3) is 5.91 Å². The van der Waals surface area contributed by atoms with Gasteiger partial charge < -0.3 is 76.2 Å². The van der Waals surface area contributed by atoms with E-state index in [1.165, 1.54) is 14.2 Å². The molecular formula is C63H82N10O17S. The number of para-hydroxylation sites is 1. The molecule has 6 aliphatic rings. The number of thioether (sulfide) groups is 1. The van der Waals surface area contributed by atoms with Crippen molar-refractivity contribution in [2.75, 3.05) is 71.7 Å². The van der Waals surface area contributed by atoms with Gasteiger partial charge in [0.2, 0.25) is 17.7 Å². The number of nitrogens with one attached hydrogen (secondary N) is 5. The van der Waals surface area contributed by atoms with Gasteiger partial charge in [0.1, 0.15) is 29.4 Å². The van der Waals surface area contributed by atoms with Gasteiger partial charge in [0, 0.05) is 115 Å². The molecule has 28 heteroatoms. The summed E-state index contributed by atoms with van der Waals surface area (Å²) in [7, 11) is 5.98. The van der Waals surface area contributed by atoms with Gasteiger partial charge in [0.05, 0.1) is 49.6 Å². The van der Waals surface area contributed by atoms with Gasteiger partial charge in [-0.05, 0) is 88.2 Å². The van der Waals surface area contributed by atoms with Gasteiger partial charge >= 0.3 is 23.9 Å². The molecule has 91 heavy (non-hydrogen) atoms. The number of likely N-dealkylation sites (N-methyl/N-ethyl adjacent to an activating group) is 2. The summed E-state index contributed by atoms with van der Waals surface area (Å²) in [5, 5.41) is 102. The second-order valence-electron chi connectivity index (χ2n) is 25.3. The molecule has 10 rings (SSSR count). The lowest BCUT2D eigenvalue weighted by molar-refractivity contribution is -0.203. The fourth-order valence-electron chi connectivity index (χ4n) is 16.2. The molecule has 2 aromatic carbocycles. The average molecular weight is 1280 g/mol. The molecular weight excluding hydrogens is 1200 g/mol. The number of aromatic nitrogens is 2. The first kappa shape index (κ1) is 66.2. The molecule has 4 aromatic rings. The van der Waals surface area contributed by atoms with Gasteiger partial charge in [-0.1, -0.05) is 44.2 Å². The van der Waals surface area contributed by atoms with Crippen molar-refractivity contribution in [1.29, 1.82) is 0 Å². The number of piperidine rings is 1. The van der Waals surface area contributed by atoms with Crippen molar-refractivity contribution in [2.45, 2.75) is 148 Å². The number of benzene rings is 2. The number of aliphatic hydroxyl groups is 3. The lowest BCUT2D eigenvalue weighted by atomic mass is 9.47. The number of aliphatic carboxylic acids is 3. The fourth-order valence-corrected chi connectivity index (χ4v) is 17.2. The third kappa shape index (κ3) is 11.2. The van der Waals surface area contributed by atoms with Crippen molar-refractivity contribution in [3.05, 3.63) is 77.0 Å². The number of hydrazone groups is 1. The van der Waals surface area contributed by atoms with Crippen LogP contribution in [0.1, 0.15) is 94.5 Å². The molecule has 3 fully saturated rings. The Morgan fingerprint density at radius 1 is 0.890 bits per heavy atom. The number of ether oxygens (including phenoxy) is 2. The quantitative estimate of drug-likeness (QED) is 0.0165. The summed E-state index contributed by atoms with van der Waals surface area (Å²) in [6, 6.07) is 6.50. The Morgan fingerprint density at radius 2 is 1.59 bits per heavy atom. The minimum Gasteiger partial charge on any atom is -0.496 e. The first-order valence-electron chi connectivity index (χ1n) is 30.7. The number of methoxy groups -OCH3 is 2. The van der Waals surface area contributed by atoms with Crippen molar-refractivity contribution in [3.63, 3.8) is 0 Å². The minimum absolute atomic E-state index is 0.0189. The number of aromatic hydroxyl groups is 2. The Labute approximate surface area is 529 Å². The number of fused-ring (bicyclic) bond motifs is 6. The molecule has 0 radical (unpaired) electrons. The van der Waals surface area contributed by atoms with Crippen LogP contribution in [0.2, 0.25) is 0 Å². The number of anilines is 1. The van der Waals surface area contributed by atoms with Crippen LogP contribution in [0.4, 0.5) is 5.69 Å². The number of carbonyl (C=O) groups is 7. The summed E-state index contributed by atoms with van der Waals surface area (Å²) in [5.74, 6) is -9.47. The van der Waals surface area contributed by atoms with Crippen molar-refractivity contribution in [2.24, 2.45) is 16.4 Å². The number of rotatable bonds is 23. The molecule has 13 atom stereocenters. The van der Waals surface area contributed by atoms with Crippen LogP contribution < -0.4 is 31.0 Å². The second kappa shape index (κ2) is 25.4. The van der Waals surface area contributed by atoms with Gasteiger partial charge in [-0.15, -0.1) is 11.8 Å². The summed E-state index contributed by atoms with van der Waals surface area (Å²) in [4.78, 5) is 102. The third-order valence-electron chi connectivity index (χ3n) is 20.3. The van der Waals surface area contributed by atoms with Crippen LogP contribution in [-0.2, 0) is 62.1 Å². The number of nitrogens with zero attached hydrogens (tertiary/aromatic N) is 5. The van der Waals surface area contributed by atoms with E-state index in [0.717, 1.165) is 44.4 Å². The van der Waals surface area contributed by atoms with Crippen LogP contribution in [0, 0.1) is 11.3 Å². The highest BCUT2D eigenvalue weighted by Gasteiger charge is 2.79. The topological polar surface area (TPSA) is 391 Å². The smallest absolute Gasteiger partial charge is 0.327 e. The molecule has 7 heterocycles. The highest BCUT2D eigenvalue weighted by Crippen LogP contribution is 2.68. The lowest BCUT2D eigenvalue weighted by Crippen LogP contribution is -2.81. The fraction of sp³-hybridized carbons (Fsp3) is 0.556. The van der Waals surface area contributed by atoms with Crippen LogP contribution in [0.25, 0.3) is 10.9 Å². The maximum atomic E-state index is 15.6. The maximum absolute atomic E-state index is 15.6. The Kier molecular flexibility index (Phi) is 18.5. The van der Waals surface area contributed by atoms with Gasteiger partial charge in [-0.2, -0.15) is 5.10 Å². The molecule has 2 aromatic heterocycles. The predicted molar refractivity (Wildman–Crippen MR) is 332 cm³/mol. The van der Waals surface area contributed by atoms with E-state index in [1.54, 1.807) is 21.1 Å². The van der Waals surface area contributed by atoms with E-state index in [1.807, 2.05) is 67.3 Å². The van der Waals surface area contributed by atoms with E-state index < -0.39 is 136 Å². The molecule has 1 saturated carbocycles. The highest BCUT2D eigenvalue weighted by molar-refractivity contribution is 7.99. The molecule has 5 aliphatic heterocycles. The van der Waals surface area contributed by atoms with E-state index in [9.17, 15) is 59.7 Å². The van der Waals surface area contributed by atoms with E-state index in [2.05, 4.69) is 41.3 Å². The van der Waals surface area contributed by atoms with Crippen LogP contribution in [-0.4, -0.2) is 222 Å².